The average Bonchev–Trinajstić information content (AvgIpc) is 3.33. The molecule has 0 spiro atoms. The van der Waals surface area contributed by atoms with Crippen molar-refractivity contribution in [2.75, 3.05) is 65.2 Å². The molecule has 4 N–H and O–H groups in total. The molecule has 2 fully saturated rings. The Morgan fingerprint density at radius 1 is 0.909 bits per heavy atom. The van der Waals surface area contributed by atoms with Crippen LogP contribution in [0.4, 0.5) is 4.79 Å². The molecule has 12 heteroatoms. The van der Waals surface area contributed by atoms with E-state index in [-0.39, 0.29) is 37.0 Å². The van der Waals surface area contributed by atoms with Gasteiger partial charge in [0.25, 0.3) is 0 Å². The number of carbonyl (C=O) groups excluding carboxylic acids is 2. The van der Waals surface area contributed by atoms with Gasteiger partial charge in [-0.25, -0.2) is 4.79 Å². The number of hydrogen-bond donors (Lipinski definition) is 4. The number of nitrogens with one attached hydrogen (secondary N) is 3. The van der Waals surface area contributed by atoms with Gasteiger partial charge in [-0.3, -0.25) is 9.59 Å². The lowest BCUT2D eigenvalue weighted by Gasteiger charge is -2.16. The molecule has 0 aromatic carbocycles. The van der Waals surface area contributed by atoms with Crippen molar-refractivity contribution in [3.05, 3.63) is 0 Å². The predicted octanol–water partition coefficient (Wildman–Crippen LogP) is 0.370. The molecule has 0 aliphatic carbocycles. The van der Waals surface area contributed by atoms with E-state index in [4.69, 9.17) is 24.1 Å². The molecule has 0 aromatic heterocycles. The lowest BCUT2D eigenvalue weighted by molar-refractivity contribution is -0.138. The minimum Gasteiger partial charge on any atom is -0.481 e. The number of urea groups is 1. The third-order valence-electron chi connectivity index (χ3n) is 5.23. The number of aliphatic carboxylic acids is 1. The second-order valence-electron chi connectivity index (χ2n) is 7.81. The second-order valence-corrected chi connectivity index (χ2v) is 9.08. The highest BCUT2D eigenvalue weighted by atomic mass is 32.2. The number of carboxylic acid groups (broad SMARTS) is 1. The minimum absolute atomic E-state index is 0.00563. The van der Waals surface area contributed by atoms with Crippen LogP contribution in [0.5, 0.6) is 0 Å². The molecule has 190 valence electrons. The lowest BCUT2D eigenvalue weighted by atomic mass is 10.0. The van der Waals surface area contributed by atoms with Crippen LogP contribution in [0.1, 0.15) is 32.1 Å². The average molecular weight is 492 g/mol. The van der Waals surface area contributed by atoms with Crippen LogP contribution in [0.15, 0.2) is 0 Å². The fraction of sp³-hybridized carbons (Fsp3) is 0.857. The van der Waals surface area contributed by atoms with Crippen LogP contribution in [0.25, 0.3) is 0 Å². The molecule has 0 saturated carbocycles. The van der Waals surface area contributed by atoms with Gasteiger partial charge in [-0.15, -0.1) is 0 Å². The fourth-order valence-electron chi connectivity index (χ4n) is 3.55. The molecule has 2 aliphatic rings. The molecule has 0 radical (unpaired) electrons. The monoisotopic (exact) mass is 491 g/mol. The van der Waals surface area contributed by atoms with Crippen molar-refractivity contribution in [1.29, 1.82) is 0 Å². The van der Waals surface area contributed by atoms with Crippen LogP contribution in [0.3, 0.4) is 0 Å². The maximum Gasteiger partial charge on any atom is 0.315 e. The highest BCUT2D eigenvalue weighted by Gasteiger charge is 2.42. The Labute approximate surface area is 199 Å². The summed E-state index contributed by atoms with van der Waals surface area (Å²) in [6.07, 6.45) is 3.32. The number of carboxylic acids is 1. The number of carbonyl (C=O) groups is 3. The van der Waals surface area contributed by atoms with Crippen molar-refractivity contribution < 1.29 is 38.4 Å². The van der Waals surface area contributed by atoms with E-state index in [1.165, 1.54) is 0 Å². The van der Waals surface area contributed by atoms with Crippen molar-refractivity contribution in [3.63, 3.8) is 0 Å². The quantitative estimate of drug-likeness (QED) is 0.140. The summed E-state index contributed by atoms with van der Waals surface area (Å²) in [6.45, 7) is 3.63. The Morgan fingerprint density at radius 3 is 2.21 bits per heavy atom. The summed E-state index contributed by atoms with van der Waals surface area (Å²) in [5, 5.41) is 17.7. The lowest BCUT2D eigenvalue weighted by Crippen LogP contribution is -2.36. The molecule has 33 heavy (non-hydrogen) atoms. The normalized spacial score (nSPS) is 21.5. The summed E-state index contributed by atoms with van der Waals surface area (Å²) in [7, 11) is 0. The molecule has 0 aromatic rings. The minimum atomic E-state index is -0.878. The Bertz CT molecular complexity index is 598. The first kappa shape index (κ1) is 27.6. The Balaban J connectivity index is 1.28. The van der Waals surface area contributed by atoms with E-state index in [0.717, 1.165) is 25.0 Å². The maximum atomic E-state index is 11.9. The van der Waals surface area contributed by atoms with E-state index < -0.39 is 5.97 Å². The summed E-state index contributed by atoms with van der Waals surface area (Å²) in [5.41, 5.74) is 0. The largest absolute Gasteiger partial charge is 0.481 e. The van der Waals surface area contributed by atoms with Gasteiger partial charge in [0, 0.05) is 24.0 Å². The molecule has 2 aliphatic heterocycles. The van der Waals surface area contributed by atoms with Gasteiger partial charge in [0.1, 0.15) is 0 Å². The summed E-state index contributed by atoms with van der Waals surface area (Å²) >= 11 is 1.90. The van der Waals surface area contributed by atoms with Crippen molar-refractivity contribution in [2.24, 2.45) is 0 Å². The number of hydrogen-bond acceptors (Lipinski definition) is 8. The molecular weight excluding hydrogens is 454 g/mol. The van der Waals surface area contributed by atoms with E-state index in [0.29, 0.717) is 64.5 Å². The van der Waals surface area contributed by atoms with Crippen LogP contribution >= 0.6 is 11.8 Å². The number of fused-ring (bicyclic) bond motifs is 1. The highest BCUT2D eigenvalue weighted by Crippen LogP contribution is 2.33. The van der Waals surface area contributed by atoms with Gasteiger partial charge in [0.15, 0.2) is 0 Å². The molecule has 3 amide bonds. The van der Waals surface area contributed by atoms with Gasteiger partial charge >= 0.3 is 12.0 Å². The van der Waals surface area contributed by atoms with Crippen LogP contribution in [-0.4, -0.2) is 106 Å². The van der Waals surface area contributed by atoms with Crippen molar-refractivity contribution >= 4 is 29.7 Å². The third kappa shape index (κ3) is 12.4. The summed E-state index contributed by atoms with van der Waals surface area (Å²) in [6, 6.07) is 0.408. The van der Waals surface area contributed by atoms with Crippen molar-refractivity contribution in [3.8, 4) is 0 Å². The Hall–Kier alpha value is -1.60. The van der Waals surface area contributed by atoms with Gasteiger partial charge in [0.2, 0.25) is 5.91 Å². The number of thioether (sulfide) groups is 1. The predicted molar refractivity (Wildman–Crippen MR) is 122 cm³/mol. The summed E-state index contributed by atoms with van der Waals surface area (Å²) in [5.74, 6) is 0.115. The van der Waals surface area contributed by atoms with Crippen LogP contribution < -0.4 is 16.0 Å². The van der Waals surface area contributed by atoms with Crippen molar-refractivity contribution in [1.82, 2.24) is 16.0 Å². The van der Waals surface area contributed by atoms with Gasteiger partial charge in [0.05, 0.1) is 71.4 Å². The van der Waals surface area contributed by atoms with Gasteiger partial charge in [-0.05, 0) is 12.8 Å². The van der Waals surface area contributed by atoms with E-state index in [2.05, 4.69) is 16.0 Å². The summed E-state index contributed by atoms with van der Waals surface area (Å²) < 4.78 is 21.2. The molecule has 0 bridgehead atoms. The van der Waals surface area contributed by atoms with E-state index in [1.54, 1.807) is 0 Å². The maximum absolute atomic E-state index is 11.9. The number of ether oxygens (including phenoxy) is 4. The van der Waals surface area contributed by atoms with Crippen LogP contribution in [-0.2, 0) is 28.5 Å². The fourth-order valence-corrected chi connectivity index (χ4v) is 5.09. The molecule has 2 rings (SSSR count). The number of amides is 3. The van der Waals surface area contributed by atoms with E-state index in [9.17, 15) is 14.4 Å². The standard InChI is InChI=1S/C21H37N3O8S/c25-18(4-2-1-3-17-20-16(15-33-17)23-21(28)24-20)22-6-8-30-10-12-32-14-13-31-11-9-29-7-5-19(26)27/h16-17,20H,1-15H2,(H,22,25)(H,26,27)(H2,23,24,28)/t16-,17-,20?/m0/s1. The first-order valence-corrected chi connectivity index (χ1v) is 12.6. The second kappa shape index (κ2) is 16.9. The molecule has 3 atom stereocenters. The molecular formula is C21H37N3O8S. The highest BCUT2D eigenvalue weighted by molar-refractivity contribution is 8.00. The van der Waals surface area contributed by atoms with E-state index in [1.807, 2.05) is 11.8 Å². The summed E-state index contributed by atoms with van der Waals surface area (Å²) in [4.78, 5) is 33.6. The molecule has 2 saturated heterocycles. The molecule has 2 heterocycles. The zero-order valence-corrected chi connectivity index (χ0v) is 19.9. The van der Waals surface area contributed by atoms with Gasteiger partial charge in [-0.1, -0.05) is 6.42 Å². The van der Waals surface area contributed by atoms with Crippen LogP contribution in [0, 0.1) is 0 Å². The number of unbranched alkanes of at least 4 members (excludes halogenated alkanes) is 1. The smallest absolute Gasteiger partial charge is 0.315 e. The van der Waals surface area contributed by atoms with Gasteiger partial charge in [-0.2, -0.15) is 11.8 Å². The van der Waals surface area contributed by atoms with E-state index >= 15 is 0 Å². The molecule has 11 nitrogen and oxygen atoms in total. The zero-order valence-electron chi connectivity index (χ0n) is 19.1. The zero-order chi connectivity index (χ0) is 23.7. The topological polar surface area (TPSA) is 144 Å². The molecule has 1 unspecified atom stereocenters. The Kier molecular flexibility index (Phi) is 14.2. The van der Waals surface area contributed by atoms with Gasteiger partial charge < -0.3 is 40.0 Å². The first-order valence-electron chi connectivity index (χ1n) is 11.5. The Morgan fingerprint density at radius 2 is 1.55 bits per heavy atom. The number of rotatable bonds is 20. The first-order chi connectivity index (χ1) is 16.1. The SMILES string of the molecule is O=C(O)CCOCCOCCOCCOCCNC(=O)CCCC[C@@H]1SC[C@@H]2NC(=O)NC21. The third-order valence-corrected chi connectivity index (χ3v) is 6.73. The van der Waals surface area contributed by atoms with Crippen molar-refractivity contribution in [2.45, 2.75) is 49.4 Å². The van der Waals surface area contributed by atoms with Crippen LogP contribution in [0.2, 0.25) is 0 Å².